The molecule has 12 heavy (non-hydrogen) atoms. The molecule has 0 unspecified atom stereocenters. The number of hydrogen-bond acceptors (Lipinski definition) is 3. The van der Waals surface area contributed by atoms with Crippen molar-refractivity contribution < 1.29 is 0 Å². The second kappa shape index (κ2) is 4.77. The van der Waals surface area contributed by atoms with E-state index in [1.165, 1.54) is 9.90 Å². The first-order chi connectivity index (χ1) is 5.83. The molecule has 1 aromatic heterocycles. The SMILES string of the molecule is CCN(CC)c1ccsc1SC. The summed E-state index contributed by atoms with van der Waals surface area (Å²) in [5.74, 6) is 0. The van der Waals surface area contributed by atoms with Gasteiger partial charge in [-0.1, -0.05) is 0 Å². The van der Waals surface area contributed by atoms with Gasteiger partial charge in [0.25, 0.3) is 0 Å². The molecule has 0 fully saturated rings. The van der Waals surface area contributed by atoms with Crippen LogP contribution in [0, 0.1) is 0 Å². The first-order valence-electron chi connectivity index (χ1n) is 4.19. The zero-order chi connectivity index (χ0) is 8.97. The van der Waals surface area contributed by atoms with Crippen LogP contribution in [0.2, 0.25) is 0 Å². The van der Waals surface area contributed by atoms with Crippen molar-refractivity contribution in [1.82, 2.24) is 0 Å². The molecule has 1 rings (SSSR count). The Balaban J connectivity index is 2.83. The Morgan fingerprint density at radius 3 is 2.58 bits per heavy atom. The molecule has 0 aliphatic rings. The largest absolute Gasteiger partial charge is 0.371 e. The van der Waals surface area contributed by atoms with E-state index in [0.29, 0.717) is 0 Å². The lowest BCUT2D eigenvalue weighted by molar-refractivity contribution is 0.861. The minimum Gasteiger partial charge on any atom is -0.371 e. The van der Waals surface area contributed by atoms with Crippen molar-refractivity contribution in [3.63, 3.8) is 0 Å². The summed E-state index contributed by atoms with van der Waals surface area (Å²) in [4.78, 5) is 2.39. The van der Waals surface area contributed by atoms with E-state index < -0.39 is 0 Å². The average molecular weight is 201 g/mol. The van der Waals surface area contributed by atoms with Gasteiger partial charge in [0, 0.05) is 13.1 Å². The lowest BCUT2D eigenvalue weighted by Crippen LogP contribution is -2.21. The Morgan fingerprint density at radius 2 is 2.08 bits per heavy atom. The molecule has 1 nitrogen and oxygen atoms in total. The predicted molar refractivity (Wildman–Crippen MR) is 59.7 cm³/mol. The minimum absolute atomic E-state index is 1.10. The third kappa shape index (κ3) is 1.96. The van der Waals surface area contributed by atoms with Crippen LogP contribution in [0.25, 0.3) is 0 Å². The number of thiophene rings is 1. The van der Waals surface area contributed by atoms with Crippen LogP contribution in [0.15, 0.2) is 15.7 Å². The summed E-state index contributed by atoms with van der Waals surface area (Å²) < 4.78 is 1.43. The fourth-order valence-corrected chi connectivity index (χ4v) is 2.84. The molecule has 0 saturated heterocycles. The Labute approximate surface area is 82.8 Å². The molecule has 68 valence electrons. The summed E-state index contributed by atoms with van der Waals surface area (Å²) in [5, 5.41) is 2.17. The molecule has 1 aromatic rings. The van der Waals surface area contributed by atoms with Crippen LogP contribution in [-0.2, 0) is 0 Å². The molecule has 0 saturated carbocycles. The number of thioether (sulfide) groups is 1. The van der Waals surface area contributed by atoms with Gasteiger partial charge in [-0.15, -0.1) is 23.1 Å². The molecule has 0 radical (unpaired) electrons. The summed E-state index contributed by atoms with van der Waals surface area (Å²) in [6, 6.07) is 2.21. The van der Waals surface area contributed by atoms with Crippen LogP contribution >= 0.6 is 23.1 Å². The summed E-state index contributed by atoms with van der Waals surface area (Å²) in [7, 11) is 0. The van der Waals surface area contributed by atoms with Crippen LogP contribution in [-0.4, -0.2) is 19.3 Å². The van der Waals surface area contributed by atoms with Crippen molar-refractivity contribution in [2.45, 2.75) is 18.1 Å². The van der Waals surface area contributed by atoms with Crippen molar-refractivity contribution >= 4 is 28.8 Å². The molecule has 0 aliphatic heterocycles. The molecule has 0 spiro atoms. The third-order valence-corrected chi connectivity index (χ3v) is 3.96. The standard InChI is InChI=1S/C9H15NS2/c1-4-10(5-2)8-6-7-12-9(8)11-3/h6-7H,4-5H2,1-3H3. The van der Waals surface area contributed by atoms with Crippen LogP contribution in [0.3, 0.4) is 0 Å². The van der Waals surface area contributed by atoms with Gasteiger partial charge in [0.1, 0.15) is 0 Å². The van der Waals surface area contributed by atoms with Crippen LogP contribution in [0.1, 0.15) is 13.8 Å². The third-order valence-electron chi connectivity index (χ3n) is 1.90. The monoisotopic (exact) mass is 201 g/mol. The fraction of sp³-hybridized carbons (Fsp3) is 0.556. The van der Waals surface area contributed by atoms with Gasteiger partial charge in [-0.05, 0) is 31.5 Å². The molecular weight excluding hydrogens is 186 g/mol. The number of nitrogens with zero attached hydrogens (tertiary/aromatic N) is 1. The zero-order valence-corrected chi connectivity index (χ0v) is 9.47. The minimum atomic E-state index is 1.10. The molecule has 3 heteroatoms. The molecule has 1 heterocycles. The second-order valence-corrected chi connectivity index (χ2v) is 4.46. The van der Waals surface area contributed by atoms with E-state index in [0.717, 1.165) is 13.1 Å². The predicted octanol–water partition coefficient (Wildman–Crippen LogP) is 3.32. The molecule has 0 amide bonds. The van der Waals surface area contributed by atoms with Crippen molar-refractivity contribution in [2.75, 3.05) is 24.2 Å². The summed E-state index contributed by atoms with van der Waals surface area (Å²) in [5.41, 5.74) is 1.40. The van der Waals surface area contributed by atoms with Gasteiger partial charge in [-0.3, -0.25) is 0 Å². The second-order valence-electron chi connectivity index (χ2n) is 2.47. The van der Waals surface area contributed by atoms with Crippen molar-refractivity contribution in [1.29, 1.82) is 0 Å². The zero-order valence-electron chi connectivity index (χ0n) is 7.83. The lowest BCUT2D eigenvalue weighted by Gasteiger charge is -2.20. The van der Waals surface area contributed by atoms with Gasteiger partial charge in [-0.2, -0.15) is 0 Å². The first kappa shape index (κ1) is 9.93. The van der Waals surface area contributed by atoms with Crippen molar-refractivity contribution in [3.8, 4) is 0 Å². The topological polar surface area (TPSA) is 3.24 Å². The van der Waals surface area contributed by atoms with E-state index in [-0.39, 0.29) is 0 Å². The van der Waals surface area contributed by atoms with Gasteiger partial charge < -0.3 is 4.90 Å². The maximum absolute atomic E-state index is 2.39. The lowest BCUT2D eigenvalue weighted by atomic mass is 10.4. The fourth-order valence-electron chi connectivity index (χ4n) is 1.24. The van der Waals surface area contributed by atoms with Crippen LogP contribution < -0.4 is 4.90 Å². The molecule has 0 N–H and O–H groups in total. The molecular formula is C9H15NS2. The molecule has 0 atom stereocenters. The van der Waals surface area contributed by atoms with Gasteiger partial charge in [-0.25, -0.2) is 0 Å². The van der Waals surface area contributed by atoms with Gasteiger partial charge in [0.2, 0.25) is 0 Å². The van der Waals surface area contributed by atoms with E-state index in [9.17, 15) is 0 Å². The Morgan fingerprint density at radius 1 is 1.42 bits per heavy atom. The highest BCUT2D eigenvalue weighted by atomic mass is 32.2. The number of hydrogen-bond donors (Lipinski definition) is 0. The van der Waals surface area contributed by atoms with Crippen LogP contribution in [0.5, 0.6) is 0 Å². The first-order valence-corrected chi connectivity index (χ1v) is 6.30. The summed E-state index contributed by atoms with van der Waals surface area (Å²) in [6.45, 7) is 6.60. The summed E-state index contributed by atoms with van der Waals surface area (Å²) in [6.07, 6.45) is 2.14. The van der Waals surface area contributed by atoms with Gasteiger partial charge >= 0.3 is 0 Å². The highest BCUT2D eigenvalue weighted by Gasteiger charge is 2.07. The normalized spacial score (nSPS) is 10.2. The molecule has 0 aliphatic carbocycles. The van der Waals surface area contributed by atoms with Gasteiger partial charge in [0.05, 0.1) is 9.90 Å². The van der Waals surface area contributed by atoms with E-state index >= 15 is 0 Å². The highest BCUT2D eigenvalue weighted by Crippen LogP contribution is 2.33. The average Bonchev–Trinajstić information content (AvgIpc) is 2.55. The maximum Gasteiger partial charge on any atom is 0.0830 e. The molecule has 0 aromatic carbocycles. The van der Waals surface area contributed by atoms with Gasteiger partial charge in [0.15, 0.2) is 0 Å². The smallest absolute Gasteiger partial charge is 0.0830 e. The highest BCUT2D eigenvalue weighted by molar-refractivity contribution is 8.00. The quantitative estimate of drug-likeness (QED) is 0.688. The van der Waals surface area contributed by atoms with E-state index in [2.05, 4.69) is 36.4 Å². The summed E-state index contributed by atoms with van der Waals surface area (Å²) >= 11 is 3.67. The van der Waals surface area contributed by atoms with E-state index in [4.69, 9.17) is 0 Å². The van der Waals surface area contributed by atoms with E-state index in [1.807, 2.05) is 23.1 Å². The Bertz CT molecular complexity index is 228. The van der Waals surface area contributed by atoms with Crippen molar-refractivity contribution in [2.24, 2.45) is 0 Å². The number of anilines is 1. The van der Waals surface area contributed by atoms with Crippen molar-refractivity contribution in [3.05, 3.63) is 11.4 Å². The Kier molecular flexibility index (Phi) is 3.95. The van der Waals surface area contributed by atoms with Crippen LogP contribution in [0.4, 0.5) is 5.69 Å². The van der Waals surface area contributed by atoms with E-state index in [1.54, 1.807) is 0 Å². The number of rotatable bonds is 4. The molecule has 0 bridgehead atoms. The Hall–Kier alpha value is -0.150. The maximum atomic E-state index is 2.39.